The molecule has 37 heavy (non-hydrogen) atoms. The van der Waals surface area contributed by atoms with Gasteiger partial charge >= 0.3 is 0 Å². The van der Waals surface area contributed by atoms with Crippen LogP contribution >= 0.6 is 0 Å². The third-order valence-corrected chi connectivity index (χ3v) is 9.42. The molecule has 0 amide bonds. The first kappa shape index (κ1) is 24.0. The van der Waals surface area contributed by atoms with Crippen LogP contribution in [-0.2, 0) is 10.0 Å². The van der Waals surface area contributed by atoms with Gasteiger partial charge in [-0.2, -0.15) is 13.8 Å². The molecule has 8 nitrogen and oxygen atoms in total. The minimum absolute atomic E-state index is 0.217. The zero-order valence-electron chi connectivity index (χ0n) is 20.5. The number of piperazine rings is 1. The molecule has 0 spiro atoms. The van der Waals surface area contributed by atoms with Crippen molar-refractivity contribution in [2.75, 3.05) is 31.1 Å². The number of fused-ring (bicyclic) bond motifs is 1. The molecular weight excluding hydrogens is 491 g/mol. The van der Waals surface area contributed by atoms with Gasteiger partial charge < -0.3 is 4.90 Å². The molecule has 2 aromatic carbocycles. The maximum absolute atomic E-state index is 14.1. The third-order valence-electron chi connectivity index (χ3n) is 7.49. The summed E-state index contributed by atoms with van der Waals surface area (Å²) in [6, 6.07) is 16.2. The van der Waals surface area contributed by atoms with Crippen molar-refractivity contribution in [3.63, 3.8) is 0 Å². The summed E-state index contributed by atoms with van der Waals surface area (Å²) in [6.45, 7) is 1.23. The first-order chi connectivity index (χ1) is 18.0. The van der Waals surface area contributed by atoms with Crippen molar-refractivity contribution >= 4 is 21.7 Å². The molecule has 0 bridgehead atoms. The first-order valence-electron chi connectivity index (χ1n) is 12.8. The summed E-state index contributed by atoms with van der Waals surface area (Å²) < 4.78 is 43.1. The lowest BCUT2D eigenvalue weighted by Gasteiger charge is -2.33. The van der Waals surface area contributed by atoms with Gasteiger partial charge in [-0.05, 0) is 42.5 Å². The fourth-order valence-electron chi connectivity index (χ4n) is 5.42. The van der Waals surface area contributed by atoms with Crippen LogP contribution in [0.25, 0.3) is 17.0 Å². The smallest absolute Gasteiger partial charge is 0.254 e. The highest BCUT2D eigenvalue weighted by atomic mass is 32.2. The van der Waals surface area contributed by atoms with Crippen LogP contribution < -0.4 is 4.90 Å². The summed E-state index contributed by atoms with van der Waals surface area (Å²) in [4.78, 5) is 10.7. The summed E-state index contributed by atoms with van der Waals surface area (Å²) in [7, 11) is -3.90. The molecule has 0 atom stereocenters. The Hall–Kier alpha value is -3.37. The highest BCUT2D eigenvalue weighted by Gasteiger charge is 2.31. The van der Waals surface area contributed by atoms with Crippen LogP contribution in [0.3, 0.4) is 0 Å². The molecule has 2 fully saturated rings. The minimum atomic E-state index is -3.90. The molecular formula is C27H29FN6O2S. The second-order valence-electron chi connectivity index (χ2n) is 9.73. The van der Waals surface area contributed by atoms with Crippen LogP contribution in [-0.4, -0.2) is 58.5 Å². The van der Waals surface area contributed by atoms with Gasteiger partial charge in [0.1, 0.15) is 10.7 Å². The predicted molar refractivity (Wildman–Crippen MR) is 139 cm³/mol. The highest BCUT2D eigenvalue weighted by Crippen LogP contribution is 2.33. The van der Waals surface area contributed by atoms with Gasteiger partial charge in [-0.25, -0.2) is 17.8 Å². The number of anilines is 1. The van der Waals surface area contributed by atoms with E-state index in [1.165, 1.54) is 60.2 Å². The van der Waals surface area contributed by atoms with Crippen molar-refractivity contribution in [3.8, 4) is 11.3 Å². The van der Waals surface area contributed by atoms with Crippen LogP contribution in [0.1, 0.15) is 43.6 Å². The van der Waals surface area contributed by atoms with Crippen LogP contribution in [0, 0.1) is 5.82 Å². The molecule has 1 saturated carbocycles. The topological polar surface area (TPSA) is 83.7 Å². The number of sulfonamides is 1. The maximum atomic E-state index is 14.1. The Morgan fingerprint density at radius 1 is 0.865 bits per heavy atom. The van der Waals surface area contributed by atoms with Crippen molar-refractivity contribution in [2.45, 2.75) is 42.9 Å². The molecule has 6 rings (SSSR count). The Labute approximate surface area is 215 Å². The average molecular weight is 521 g/mol. The summed E-state index contributed by atoms with van der Waals surface area (Å²) in [5.74, 6) is 0.906. The Bertz CT molecular complexity index is 1510. The maximum Gasteiger partial charge on any atom is 0.254 e. The van der Waals surface area contributed by atoms with Gasteiger partial charge in [0.2, 0.25) is 16.0 Å². The summed E-state index contributed by atoms with van der Waals surface area (Å²) in [5.41, 5.74) is 3.35. The van der Waals surface area contributed by atoms with Gasteiger partial charge in [0.15, 0.2) is 0 Å². The van der Waals surface area contributed by atoms with E-state index in [1.807, 2.05) is 11.0 Å². The molecule has 0 radical (unpaired) electrons. The van der Waals surface area contributed by atoms with Crippen molar-refractivity contribution in [1.29, 1.82) is 0 Å². The van der Waals surface area contributed by atoms with E-state index < -0.39 is 15.8 Å². The lowest BCUT2D eigenvalue weighted by molar-refractivity contribution is 0.380. The van der Waals surface area contributed by atoms with Crippen molar-refractivity contribution < 1.29 is 12.8 Å². The van der Waals surface area contributed by atoms with E-state index in [-0.39, 0.29) is 18.0 Å². The minimum Gasteiger partial charge on any atom is -0.337 e. The monoisotopic (exact) mass is 520 g/mol. The number of halogens is 1. The lowest BCUT2D eigenvalue weighted by atomic mass is 9.84. The van der Waals surface area contributed by atoms with Crippen LogP contribution in [0.15, 0.2) is 65.7 Å². The predicted octanol–water partition coefficient (Wildman–Crippen LogP) is 4.49. The average Bonchev–Trinajstić information content (AvgIpc) is 3.39. The second kappa shape index (κ2) is 9.83. The van der Waals surface area contributed by atoms with E-state index in [0.717, 1.165) is 17.3 Å². The molecule has 2 aliphatic rings. The summed E-state index contributed by atoms with van der Waals surface area (Å²) in [6.07, 6.45) is 8.22. The Morgan fingerprint density at radius 3 is 2.32 bits per heavy atom. The molecule has 192 valence electrons. The summed E-state index contributed by atoms with van der Waals surface area (Å²) in [5, 5.41) is 4.73. The first-order valence-corrected chi connectivity index (χ1v) is 14.3. The molecule has 2 aromatic heterocycles. The Morgan fingerprint density at radius 2 is 1.59 bits per heavy atom. The second-order valence-corrected chi connectivity index (χ2v) is 11.6. The third kappa shape index (κ3) is 4.59. The molecule has 10 heteroatoms. The molecule has 1 aliphatic heterocycles. The van der Waals surface area contributed by atoms with Crippen molar-refractivity contribution in [2.24, 2.45) is 0 Å². The number of hydrogen-bond acceptors (Lipinski definition) is 6. The van der Waals surface area contributed by atoms with Crippen LogP contribution in [0.5, 0.6) is 0 Å². The van der Waals surface area contributed by atoms with E-state index in [9.17, 15) is 12.8 Å². The van der Waals surface area contributed by atoms with E-state index in [2.05, 4.69) is 34.2 Å². The van der Waals surface area contributed by atoms with E-state index in [4.69, 9.17) is 5.10 Å². The lowest BCUT2D eigenvalue weighted by Crippen LogP contribution is -2.49. The normalized spacial score (nSPS) is 17.9. The van der Waals surface area contributed by atoms with Gasteiger partial charge in [0, 0.05) is 37.9 Å². The van der Waals surface area contributed by atoms with Gasteiger partial charge in [0.05, 0.1) is 5.69 Å². The molecule has 0 unspecified atom stereocenters. The molecule has 0 N–H and O–H groups in total. The van der Waals surface area contributed by atoms with Gasteiger partial charge in [-0.3, -0.25) is 0 Å². The number of aromatic nitrogens is 4. The zero-order valence-corrected chi connectivity index (χ0v) is 21.3. The molecule has 1 aliphatic carbocycles. The number of rotatable bonds is 5. The SMILES string of the molecule is O=S(=O)(c1ccccc1F)N1CCN(c2nc3nccc(-c4ccc(C5CCCCC5)cc4)n3n2)CC1. The van der Waals surface area contributed by atoms with Gasteiger partial charge in [-0.1, -0.05) is 55.7 Å². The van der Waals surface area contributed by atoms with E-state index in [0.29, 0.717) is 30.7 Å². The van der Waals surface area contributed by atoms with E-state index in [1.54, 1.807) is 10.7 Å². The van der Waals surface area contributed by atoms with Gasteiger partial charge in [0.25, 0.3) is 5.78 Å². The number of hydrogen-bond donors (Lipinski definition) is 0. The Kier molecular flexibility index (Phi) is 6.37. The Balaban J connectivity index is 1.20. The largest absolute Gasteiger partial charge is 0.337 e. The van der Waals surface area contributed by atoms with Crippen molar-refractivity contribution in [3.05, 3.63) is 72.2 Å². The van der Waals surface area contributed by atoms with Gasteiger partial charge in [-0.15, -0.1) is 5.10 Å². The number of nitrogens with zero attached hydrogens (tertiary/aromatic N) is 6. The fraction of sp³-hybridized carbons (Fsp3) is 0.370. The van der Waals surface area contributed by atoms with Crippen LogP contribution in [0.4, 0.5) is 10.3 Å². The fourth-order valence-corrected chi connectivity index (χ4v) is 6.91. The molecule has 3 heterocycles. The quantitative estimate of drug-likeness (QED) is 0.386. The molecule has 1 saturated heterocycles. The van der Waals surface area contributed by atoms with E-state index >= 15 is 0 Å². The number of benzene rings is 2. The molecule has 4 aromatic rings. The van der Waals surface area contributed by atoms with Crippen molar-refractivity contribution in [1.82, 2.24) is 23.9 Å². The highest BCUT2D eigenvalue weighted by molar-refractivity contribution is 7.89. The standard InChI is InChI=1S/C27H29FN6O2S/c28-23-8-4-5-9-25(23)37(35,36)33-18-16-32(17-19-33)27-30-26-29-15-14-24(34(26)31-27)22-12-10-21(11-13-22)20-6-2-1-3-7-20/h4-5,8-15,20H,1-3,6-7,16-19H2. The van der Waals surface area contributed by atoms with Crippen LogP contribution in [0.2, 0.25) is 0 Å². The summed E-state index contributed by atoms with van der Waals surface area (Å²) >= 11 is 0. The zero-order chi connectivity index (χ0) is 25.4.